The standard InChI is InChI=1S/C12H15FN2O/c1-8-6-11(8)14-7-12(16)15-10-4-2-9(13)3-5-10/h2-5,8,11,14H,6-7H2,1H3,(H,15,16). The smallest absolute Gasteiger partial charge is 0.238 e. The fraction of sp³-hybridized carbons (Fsp3) is 0.417. The highest BCUT2D eigenvalue weighted by Crippen LogP contribution is 2.28. The number of benzene rings is 1. The maximum atomic E-state index is 12.6. The minimum atomic E-state index is -0.303. The van der Waals surface area contributed by atoms with Gasteiger partial charge in [0.15, 0.2) is 0 Å². The first-order chi connectivity index (χ1) is 7.65. The summed E-state index contributed by atoms with van der Waals surface area (Å²) in [5, 5.41) is 5.85. The lowest BCUT2D eigenvalue weighted by Gasteiger charge is -2.05. The first-order valence-electron chi connectivity index (χ1n) is 5.44. The van der Waals surface area contributed by atoms with Gasteiger partial charge in [0.1, 0.15) is 5.82 Å². The summed E-state index contributed by atoms with van der Waals surface area (Å²) in [5.41, 5.74) is 0.622. The molecule has 3 nitrogen and oxygen atoms in total. The van der Waals surface area contributed by atoms with Crippen LogP contribution in [0.1, 0.15) is 13.3 Å². The summed E-state index contributed by atoms with van der Waals surface area (Å²) in [6.07, 6.45) is 1.14. The number of hydrogen-bond acceptors (Lipinski definition) is 2. The fourth-order valence-electron chi connectivity index (χ4n) is 1.57. The molecule has 16 heavy (non-hydrogen) atoms. The third-order valence-electron chi connectivity index (χ3n) is 2.76. The predicted octanol–water partition coefficient (Wildman–Crippen LogP) is 1.76. The molecule has 0 aliphatic heterocycles. The number of carbonyl (C=O) groups excluding carboxylic acids is 1. The predicted molar refractivity (Wildman–Crippen MR) is 60.6 cm³/mol. The summed E-state index contributed by atoms with van der Waals surface area (Å²) >= 11 is 0. The van der Waals surface area contributed by atoms with Crippen LogP contribution in [-0.2, 0) is 4.79 Å². The van der Waals surface area contributed by atoms with E-state index in [1.807, 2.05) is 0 Å². The van der Waals surface area contributed by atoms with E-state index in [4.69, 9.17) is 0 Å². The summed E-state index contributed by atoms with van der Waals surface area (Å²) in [5.74, 6) is 0.284. The van der Waals surface area contributed by atoms with Crippen LogP contribution in [0.2, 0.25) is 0 Å². The second kappa shape index (κ2) is 4.61. The van der Waals surface area contributed by atoms with Crippen LogP contribution in [0.15, 0.2) is 24.3 Å². The Kier molecular flexibility index (Phi) is 3.19. The summed E-state index contributed by atoms with van der Waals surface area (Å²) in [6, 6.07) is 6.23. The average Bonchev–Trinajstić information content (AvgIpc) is 2.95. The second-order valence-electron chi connectivity index (χ2n) is 4.26. The molecule has 1 saturated carbocycles. The van der Waals surface area contributed by atoms with E-state index in [2.05, 4.69) is 17.6 Å². The number of amides is 1. The van der Waals surface area contributed by atoms with Gasteiger partial charge in [0.25, 0.3) is 0 Å². The zero-order valence-corrected chi connectivity index (χ0v) is 9.16. The Labute approximate surface area is 94.0 Å². The average molecular weight is 222 g/mol. The summed E-state index contributed by atoms with van der Waals surface area (Å²) in [4.78, 5) is 11.5. The van der Waals surface area contributed by atoms with Gasteiger partial charge in [-0.2, -0.15) is 0 Å². The van der Waals surface area contributed by atoms with Gasteiger partial charge in [-0.1, -0.05) is 6.92 Å². The number of carbonyl (C=O) groups is 1. The van der Waals surface area contributed by atoms with Crippen molar-refractivity contribution in [2.45, 2.75) is 19.4 Å². The van der Waals surface area contributed by atoms with Gasteiger partial charge in [0.05, 0.1) is 6.54 Å². The highest BCUT2D eigenvalue weighted by molar-refractivity contribution is 5.92. The summed E-state index contributed by atoms with van der Waals surface area (Å²) in [6.45, 7) is 2.46. The summed E-state index contributed by atoms with van der Waals surface area (Å²) in [7, 11) is 0. The lowest BCUT2D eigenvalue weighted by atomic mass is 10.3. The van der Waals surface area contributed by atoms with Crippen LogP contribution in [0.25, 0.3) is 0 Å². The van der Waals surface area contributed by atoms with Crippen molar-refractivity contribution in [1.82, 2.24) is 5.32 Å². The van der Waals surface area contributed by atoms with Crippen LogP contribution in [0.3, 0.4) is 0 Å². The van der Waals surface area contributed by atoms with Crippen LogP contribution in [0.4, 0.5) is 10.1 Å². The monoisotopic (exact) mass is 222 g/mol. The van der Waals surface area contributed by atoms with Crippen molar-refractivity contribution in [1.29, 1.82) is 0 Å². The molecule has 2 N–H and O–H groups in total. The molecular weight excluding hydrogens is 207 g/mol. The molecule has 0 heterocycles. The number of anilines is 1. The topological polar surface area (TPSA) is 41.1 Å². The maximum Gasteiger partial charge on any atom is 0.238 e. The van der Waals surface area contributed by atoms with E-state index in [9.17, 15) is 9.18 Å². The Morgan fingerprint density at radius 2 is 2.06 bits per heavy atom. The van der Waals surface area contributed by atoms with Crippen molar-refractivity contribution < 1.29 is 9.18 Å². The van der Waals surface area contributed by atoms with Crippen LogP contribution in [0, 0.1) is 11.7 Å². The van der Waals surface area contributed by atoms with Gasteiger partial charge >= 0.3 is 0 Å². The molecule has 86 valence electrons. The van der Waals surface area contributed by atoms with Crippen LogP contribution >= 0.6 is 0 Å². The Hall–Kier alpha value is -1.42. The zero-order chi connectivity index (χ0) is 11.5. The largest absolute Gasteiger partial charge is 0.325 e. The molecule has 0 aromatic heterocycles. The van der Waals surface area contributed by atoms with Gasteiger partial charge in [-0.15, -0.1) is 0 Å². The van der Waals surface area contributed by atoms with E-state index in [0.717, 1.165) is 6.42 Å². The van der Waals surface area contributed by atoms with Crippen molar-refractivity contribution in [3.05, 3.63) is 30.1 Å². The Balaban J connectivity index is 1.76. The number of hydrogen-bond donors (Lipinski definition) is 2. The van der Waals surface area contributed by atoms with Gasteiger partial charge < -0.3 is 10.6 Å². The second-order valence-corrected chi connectivity index (χ2v) is 4.26. The number of nitrogens with one attached hydrogen (secondary N) is 2. The minimum absolute atomic E-state index is 0.0919. The molecule has 0 bridgehead atoms. The van der Waals surface area contributed by atoms with E-state index in [1.54, 1.807) is 12.1 Å². The SMILES string of the molecule is CC1CC1NCC(=O)Nc1ccc(F)cc1. The molecule has 2 atom stereocenters. The van der Waals surface area contributed by atoms with Gasteiger partial charge in [-0.25, -0.2) is 4.39 Å². The third-order valence-corrected chi connectivity index (χ3v) is 2.76. The molecule has 1 fully saturated rings. The third kappa shape index (κ3) is 3.03. The minimum Gasteiger partial charge on any atom is -0.325 e. The van der Waals surface area contributed by atoms with Gasteiger partial charge in [0, 0.05) is 11.7 Å². The highest BCUT2D eigenvalue weighted by Gasteiger charge is 2.32. The first-order valence-corrected chi connectivity index (χ1v) is 5.44. The fourth-order valence-corrected chi connectivity index (χ4v) is 1.57. The van der Waals surface area contributed by atoms with E-state index < -0.39 is 0 Å². The van der Waals surface area contributed by atoms with E-state index in [0.29, 0.717) is 24.2 Å². The molecule has 1 aliphatic carbocycles. The molecule has 2 unspecified atom stereocenters. The molecule has 1 aromatic carbocycles. The molecule has 4 heteroatoms. The Morgan fingerprint density at radius 3 is 2.62 bits per heavy atom. The molecular formula is C12H15FN2O. The van der Waals surface area contributed by atoms with Gasteiger partial charge in [-0.3, -0.25) is 4.79 Å². The highest BCUT2D eigenvalue weighted by atomic mass is 19.1. The zero-order valence-electron chi connectivity index (χ0n) is 9.16. The van der Waals surface area contributed by atoms with Crippen molar-refractivity contribution in [2.75, 3.05) is 11.9 Å². The Morgan fingerprint density at radius 1 is 1.44 bits per heavy atom. The maximum absolute atomic E-state index is 12.6. The molecule has 0 radical (unpaired) electrons. The Bertz CT molecular complexity index is 377. The molecule has 2 rings (SSSR count). The normalized spacial score (nSPS) is 22.9. The van der Waals surface area contributed by atoms with Crippen LogP contribution in [-0.4, -0.2) is 18.5 Å². The van der Waals surface area contributed by atoms with Crippen molar-refractivity contribution in [3.63, 3.8) is 0 Å². The van der Waals surface area contributed by atoms with E-state index in [-0.39, 0.29) is 11.7 Å². The quantitative estimate of drug-likeness (QED) is 0.815. The molecule has 0 saturated heterocycles. The summed E-state index contributed by atoms with van der Waals surface area (Å²) < 4.78 is 12.6. The van der Waals surface area contributed by atoms with Gasteiger partial charge in [0.2, 0.25) is 5.91 Å². The van der Waals surface area contributed by atoms with Crippen molar-refractivity contribution in [3.8, 4) is 0 Å². The van der Waals surface area contributed by atoms with Gasteiger partial charge in [-0.05, 0) is 36.6 Å². The molecule has 1 aromatic rings. The number of halogens is 1. The van der Waals surface area contributed by atoms with Crippen molar-refractivity contribution in [2.24, 2.45) is 5.92 Å². The lowest BCUT2D eigenvalue weighted by Crippen LogP contribution is -2.30. The molecule has 1 amide bonds. The van der Waals surface area contributed by atoms with E-state index in [1.165, 1.54) is 12.1 Å². The van der Waals surface area contributed by atoms with Crippen molar-refractivity contribution >= 4 is 11.6 Å². The molecule has 0 spiro atoms. The molecule has 1 aliphatic rings. The van der Waals surface area contributed by atoms with Crippen LogP contribution in [0.5, 0.6) is 0 Å². The first kappa shape index (κ1) is 11.1. The van der Waals surface area contributed by atoms with Crippen LogP contribution < -0.4 is 10.6 Å². The van der Waals surface area contributed by atoms with E-state index >= 15 is 0 Å². The lowest BCUT2D eigenvalue weighted by molar-refractivity contribution is -0.115. The number of rotatable bonds is 4.